The maximum atomic E-state index is 8.55. The van der Waals surface area contributed by atoms with Gasteiger partial charge in [0.05, 0.1) is 0 Å². The standard InChI is InChI=1S/Be.Cs.H3O4P/c;;1-5(2,3)4/h;;(H3,1,2,3,4)/q+2;+1;/p-3. The van der Waals surface area contributed by atoms with Gasteiger partial charge in [-0.25, -0.2) is 0 Å². The van der Waals surface area contributed by atoms with E-state index in [2.05, 4.69) is 0 Å². The summed E-state index contributed by atoms with van der Waals surface area (Å²) in [6.45, 7) is 0. The Morgan fingerprint density at radius 2 is 1.14 bits per heavy atom. The maximum Gasteiger partial charge on any atom is 2.00 e. The molecule has 0 aromatic rings. The van der Waals surface area contributed by atoms with Crippen LogP contribution in [0, 0.1) is 0 Å². The van der Waals surface area contributed by atoms with E-state index >= 15 is 0 Å². The molecule has 0 heterocycles. The fourth-order valence-electron chi connectivity index (χ4n) is 0. The normalized spacial score (nSPS) is 8.43. The molecule has 0 saturated carbocycles. The molecule has 0 spiro atoms. The van der Waals surface area contributed by atoms with Gasteiger partial charge in [0.1, 0.15) is 0 Å². The molecule has 0 radical (unpaired) electrons. The minimum atomic E-state index is -5.39. The summed E-state index contributed by atoms with van der Waals surface area (Å²) >= 11 is 0. The molecule has 4 nitrogen and oxygen atoms in total. The third-order valence-corrected chi connectivity index (χ3v) is 0. The van der Waals surface area contributed by atoms with Crippen LogP contribution < -0.4 is 83.6 Å². The van der Waals surface area contributed by atoms with Crippen molar-refractivity contribution in [3.05, 3.63) is 0 Å². The van der Waals surface area contributed by atoms with Crippen molar-refractivity contribution < 1.29 is 88.1 Å². The van der Waals surface area contributed by atoms with Gasteiger partial charge in [0.25, 0.3) is 0 Å². The second-order valence-electron chi connectivity index (χ2n) is 0.447. The van der Waals surface area contributed by atoms with Crippen LogP contribution in [-0.2, 0) is 4.57 Å². The van der Waals surface area contributed by atoms with Gasteiger partial charge >= 0.3 is 79.0 Å². The van der Waals surface area contributed by atoms with Gasteiger partial charge in [-0.1, -0.05) is 0 Å². The van der Waals surface area contributed by atoms with Crippen LogP contribution in [-0.4, -0.2) is 10.1 Å². The molecule has 0 aromatic carbocycles. The van der Waals surface area contributed by atoms with Crippen molar-refractivity contribution in [3.63, 3.8) is 0 Å². The van der Waals surface area contributed by atoms with Crippen LogP contribution in [0.25, 0.3) is 0 Å². The maximum absolute atomic E-state index is 8.55. The Morgan fingerprint density at radius 3 is 1.14 bits per heavy atom. The second kappa shape index (κ2) is 6.45. The van der Waals surface area contributed by atoms with Crippen LogP contribution >= 0.6 is 7.82 Å². The van der Waals surface area contributed by atoms with Crippen molar-refractivity contribution in [1.29, 1.82) is 0 Å². The van der Waals surface area contributed by atoms with Crippen LogP contribution in [0.1, 0.15) is 0 Å². The van der Waals surface area contributed by atoms with E-state index in [1.807, 2.05) is 0 Å². The first-order valence-corrected chi connectivity index (χ1v) is 2.19. The second-order valence-corrected chi connectivity index (χ2v) is 1.34. The Kier molecular flexibility index (Phi) is 14.9. The molecule has 0 rings (SSSR count). The monoisotopic (exact) mass is 237 g/mol. The van der Waals surface area contributed by atoms with E-state index in [0.717, 1.165) is 0 Å². The molecule has 0 bridgehead atoms. The summed E-state index contributed by atoms with van der Waals surface area (Å²) in [6, 6.07) is 0. The first-order valence-electron chi connectivity index (χ1n) is 0.730. The topological polar surface area (TPSA) is 86.2 Å². The third kappa shape index (κ3) is 61.5. The number of phosphoric acid groups is 1. The van der Waals surface area contributed by atoms with Gasteiger partial charge < -0.3 is 19.2 Å². The minimum Gasteiger partial charge on any atom is -0.822 e. The molecule has 0 aromatic heterocycles. The number of rotatable bonds is 0. The van der Waals surface area contributed by atoms with Crippen LogP contribution in [0.15, 0.2) is 0 Å². The van der Waals surface area contributed by atoms with Crippen molar-refractivity contribution in [2.24, 2.45) is 0 Å². The molecule has 0 aliphatic rings. The summed E-state index contributed by atoms with van der Waals surface area (Å²) in [7, 11) is -5.39. The third-order valence-electron chi connectivity index (χ3n) is 0. The zero-order valence-corrected chi connectivity index (χ0v) is 11.0. The SMILES string of the molecule is O=P([O-])([O-])[O-].[Be+2].[Cs+]. The Hall–Kier alpha value is 2.33. The van der Waals surface area contributed by atoms with Crippen LogP contribution in [0.4, 0.5) is 0 Å². The summed E-state index contributed by atoms with van der Waals surface area (Å²) in [4.78, 5) is 25.6. The van der Waals surface area contributed by atoms with Gasteiger partial charge in [-0.05, 0) is 0 Å². The first kappa shape index (κ1) is 16.2. The molecule has 0 N–H and O–H groups in total. The van der Waals surface area contributed by atoms with E-state index in [1.54, 1.807) is 0 Å². The summed E-state index contributed by atoms with van der Waals surface area (Å²) in [5.41, 5.74) is 0. The van der Waals surface area contributed by atoms with E-state index in [-0.39, 0.29) is 79.0 Å². The fourth-order valence-corrected chi connectivity index (χ4v) is 0. The molecule has 0 fully saturated rings. The predicted octanol–water partition coefficient (Wildman–Crippen LogP) is -6.20. The van der Waals surface area contributed by atoms with E-state index in [0.29, 0.717) is 0 Å². The summed E-state index contributed by atoms with van der Waals surface area (Å²) < 4.78 is 8.55. The molecule has 32 valence electrons. The molecular weight excluding hydrogens is 237 g/mol. The molecule has 0 atom stereocenters. The van der Waals surface area contributed by atoms with Crippen molar-refractivity contribution >= 4 is 17.9 Å². The smallest absolute Gasteiger partial charge is 0.822 e. The van der Waals surface area contributed by atoms with Crippen molar-refractivity contribution in [1.82, 2.24) is 0 Å². The Morgan fingerprint density at radius 1 is 1.14 bits per heavy atom. The predicted molar refractivity (Wildman–Crippen MR) is 13.4 cm³/mol. The largest absolute Gasteiger partial charge is 2.00 e. The fraction of sp³-hybridized carbons (Fsp3) is 0. The van der Waals surface area contributed by atoms with E-state index < -0.39 is 7.82 Å². The number of hydrogen-bond acceptors (Lipinski definition) is 4. The zero-order chi connectivity index (χ0) is 4.50. The van der Waals surface area contributed by atoms with Crippen LogP contribution in [0.2, 0.25) is 0 Å². The average molecular weight is 237 g/mol. The van der Waals surface area contributed by atoms with E-state index in [1.165, 1.54) is 0 Å². The van der Waals surface area contributed by atoms with Crippen molar-refractivity contribution in [3.8, 4) is 0 Å². The molecule has 0 aliphatic carbocycles. The Balaban J connectivity index is -0.0000000800. The Bertz CT molecular complexity index is 57.8. The molecule has 7 heteroatoms. The molecule has 0 aliphatic heterocycles. The number of hydrogen-bond donors (Lipinski definition) is 0. The van der Waals surface area contributed by atoms with E-state index in [9.17, 15) is 0 Å². The zero-order valence-electron chi connectivity index (χ0n) is 3.79. The van der Waals surface area contributed by atoms with E-state index in [4.69, 9.17) is 19.2 Å². The van der Waals surface area contributed by atoms with Gasteiger partial charge in [-0.15, -0.1) is 0 Å². The molecule has 0 saturated heterocycles. The summed E-state index contributed by atoms with van der Waals surface area (Å²) in [5, 5.41) is 0. The van der Waals surface area contributed by atoms with Gasteiger partial charge in [0.2, 0.25) is 0 Å². The minimum absolute atomic E-state index is 0. The molecule has 7 heavy (non-hydrogen) atoms. The Labute approximate surface area is 104 Å². The van der Waals surface area contributed by atoms with Gasteiger partial charge in [-0.2, -0.15) is 7.82 Å². The summed E-state index contributed by atoms with van der Waals surface area (Å²) in [6.07, 6.45) is 0. The molecular formula is BeCsO4P. The first-order chi connectivity index (χ1) is 2.00. The average Bonchev–Trinajstić information content (AvgIpc) is 0.722. The molecule has 0 amide bonds. The molecule has 0 unspecified atom stereocenters. The van der Waals surface area contributed by atoms with Gasteiger partial charge in [0, 0.05) is 0 Å². The van der Waals surface area contributed by atoms with Crippen molar-refractivity contribution in [2.75, 3.05) is 0 Å². The summed E-state index contributed by atoms with van der Waals surface area (Å²) in [5.74, 6) is 0. The van der Waals surface area contributed by atoms with Gasteiger partial charge in [-0.3, -0.25) is 0 Å². The van der Waals surface area contributed by atoms with Crippen molar-refractivity contribution in [2.45, 2.75) is 0 Å². The quantitative estimate of drug-likeness (QED) is 0.310. The van der Waals surface area contributed by atoms with Gasteiger partial charge in [0.15, 0.2) is 0 Å². The van der Waals surface area contributed by atoms with Crippen LogP contribution in [0.5, 0.6) is 0 Å². The van der Waals surface area contributed by atoms with Crippen LogP contribution in [0.3, 0.4) is 0 Å².